The summed E-state index contributed by atoms with van der Waals surface area (Å²) < 4.78 is 1.67. The van der Waals surface area contributed by atoms with E-state index in [1.165, 1.54) is 0 Å². The first-order chi connectivity index (χ1) is 7.06. The second kappa shape index (κ2) is 5.15. The van der Waals surface area contributed by atoms with Crippen LogP contribution in [0.25, 0.3) is 0 Å². The molecule has 4 nitrogen and oxygen atoms in total. The quantitative estimate of drug-likeness (QED) is 0.786. The van der Waals surface area contributed by atoms with E-state index in [1.807, 2.05) is 21.0 Å². The van der Waals surface area contributed by atoms with Gasteiger partial charge in [-0.1, -0.05) is 11.6 Å². The van der Waals surface area contributed by atoms with Crippen LogP contribution in [0.4, 0.5) is 0 Å². The lowest BCUT2D eigenvalue weighted by molar-refractivity contribution is 0.334. The fraction of sp³-hybridized carbons (Fsp3) is 0.600. The van der Waals surface area contributed by atoms with Gasteiger partial charge >= 0.3 is 0 Å². The number of aromatic nitrogens is 2. The van der Waals surface area contributed by atoms with E-state index in [4.69, 9.17) is 16.9 Å². The maximum atomic E-state index is 8.48. The third kappa shape index (κ3) is 2.95. The normalized spacial score (nSPS) is 10.7. The molecule has 82 valence electrons. The molecular weight excluding hydrogens is 212 g/mol. The fourth-order valence-electron chi connectivity index (χ4n) is 1.44. The molecule has 0 aromatic carbocycles. The van der Waals surface area contributed by atoms with Gasteiger partial charge in [0.15, 0.2) is 0 Å². The van der Waals surface area contributed by atoms with Crippen molar-refractivity contribution < 1.29 is 0 Å². The van der Waals surface area contributed by atoms with E-state index >= 15 is 0 Å². The minimum atomic E-state index is 0.535. The summed E-state index contributed by atoms with van der Waals surface area (Å²) in [5, 5.41) is 13.4. The van der Waals surface area contributed by atoms with Gasteiger partial charge in [-0.25, -0.2) is 0 Å². The molecule has 1 aromatic heterocycles. The molecular formula is C10H15ClN4. The van der Waals surface area contributed by atoms with Gasteiger partial charge in [0.2, 0.25) is 0 Å². The van der Waals surface area contributed by atoms with E-state index in [2.05, 4.69) is 16.1 Å². The van der Waals surface area contributed by atoms with Crippen molar-refractivity contribution in [1.29, 1.82) is 5.26 Å². The fourth-order valence-corrected chi connectivity index (χ4v) is 1.68. The Morgan fingerprint density at radius 1 is 1.60 bits per heavy atom. The van der Waals surface area contributed by atoms with E-state index in [9.17, 15) is 0 Å². The van der Waals surface area contributed by atoms with E-state index < -0.39 is 0 Å². The first kappa shape index (κ1) is 12.0. The number of aryl methyl sites for hydroxylation is 2. The molecule has 0 spiro atoms. The number of hydrogen-bond donors (Lipinski definition) is 0. The smallest absolute Gasteiger partial charge is 0.131 e. The monoisotopic (exact) mass is 226 g/mol. The summed E-state index contributed by atoms with van der Waals surface area (Å²) in [5.74, 6) is 0. The first-order valence-corrected chi connectivity index (χ1v) is 5.17. The Morgan fingerprint density at radius 3 is 2.73 bits per heavy atom. The Balaban J connectivity index is 2.68. The van der Waals surface area contributed by atoms with Crippen molar-refractivity contribution in [2.24, 2.45) is 7.05 Å². The molecule has 1 heterocycles. The van der Waals surface area contributed by atoms with E-state index in [1.54, 1.807) is 4.68 Å². The van der Waals surface area contributed by atoms with Gasteiger partial charge in [0, 0.05) is 32.1 Å². The zero-order valence-electron chi connectivity index (χ0n) is 9.29. The molecule has 0 amide bonds. The lowest BCUT2D eigenvalue weighted by Crippen LogP contribution is -2.19. The van der Waals surface area contributed by atoms with Gasteiger partial charge in [0.25, 0.3) is 0 Å². The number of rotatable bonds is 4. The Bertz CT molecular complexity index is 378. The van der Waals surface area contributed by atoms with Gasteiger partial charge in [-0.3, -0.25) is 4.68 Å². The molecule has 0 atom stereocenters. The molecule has 0 aliphatic carbocycles. The molecule has 0 saturated carbocycles. The second-order valence-electron chi connectivity index (χ2n) is 3.62. The highest BCUT2D eigenvalue weighted by Crippen LogP contribution is 2.19. The molecule has 15 heavy (non-hydrogen) atoms. The van der Waals surface area contributed by atoms with Crippen molar-refractivity contribution in [3.05, 3.63) is 16.4 Å². The van der Waals surface area contributed by atoms with Gasteiger partial charge in [0.1, 0.15) is 5.15 Å². The van der Waals surface area contributed by atoms with Crippen molar-refractivity contribution in [1.82, 2.24) is 14.7 Å². The van der Waals surface area contributed by atoms with Crippen LogP contribution in [0.15, 0.2) is 0 Å². The van der Waals surface area contributed by atoms with E-state index in [0.717, 1.165) is 24.3 Å². The molecule has 0 aliphatic heterocycles. The number of nitrogens with zero attached hydrogens (tertiary/aromatic N) is 4. The van der Waals surface area contributed by atoms with Crippen molar-refractivity contribution in [3.8, 4) is 6.07 Å². The standard InChI is InChI=1S/C10H15ClN4/c1-8-9(10(11)15(3)13-8)7-14(2)6-4-5-12/h4,6-7H2,1-3H3. The van der Waals surface area contributed by atoms with Crippen LogP contribution in [-0.4, -0.2) is 28.3 Å². The molecule has 1 rings (SSSR count). The zero-order chi connectivity index (χ0) is 11.4. The first-order valence-electron chi connectivity index (χ1n) is 4.79. The van der Waals surface area contributed by atoms with Gasteiger partial charge in [0.05, 0.1) is 11.8 Å². The summed E-state index contributed by atoms with van der Waals surface area (Å²) >= 11 is 6.10. The predicted molar refractivity (Wildman–Crippen MR) is 59.5 cm³/mol. The van der Waals surface area contributed by atoms with Crippen molar-refractivity contribution in [2.45, 2.75) is 19.9 Å². The lowest BCUT2D eigenvalue weighted by Gasteiger charge is -2.14. The van der Waals surface area contributed by atoms with E-state index in [-0.39, 0.29) is 0 Å². The van der Waals surface area contributed by atoms with Gasteiger partial charge in [-0.15, -0.1) is 0 Å². The minimum Gasteiger partial charge on any atom is -0.301 e. The Kier molecular flexibility index (Phi) is 4.13. The van der Waals surface area contributed by atoms with Crippen LogP contribution in [0.1, 0.15) is 17.7 Å². The van der Waals surface area contributed by atoms with Crippen LogP contribution in [0.3, 0.4) is 0 Å². The van der Waals surface area contributed by atoms with Gasteiger partial charge < -0.3 is 4.90 Å². The number of nitriles is 1. The van der Waals surface area contributed by atoms with Crippen LogP contribution >= 0.6 is 11.6 Å². The molecule has 0 bridgehead atoms. The summed E-state index contributed by atoms with van der Waals surface area (Å²) in [7, 11) is 3.80. The SMILES string of the molecule is Cc1nn(C)c(Cl)c1CN(C)CCC#N. The summed E-state index contributed by atoms with van der Waals surface area (Å²) in [4.78, 5) is 2.07. The summed E-state index contributed by atoms with van der Waals surface area (Å²) in [6.07, 6.45) is 0.535. The number of halogens is 1. The maximum absolute atomic E-state index is 8.48. The molecule has 0 N–H and O–H groups in total. The van der Waals surface area contributed by atoms with Crippen LogP contribution < -0.4 is 0 Å². The van der Waals surface area contributed by atoms with Crippen LogP contribution in [0, 0.1) is 18.3 Å². The average molecular weight is 227 g/mol. The Morgan fingerprint density at radius 2 is 2.27 bits per heavy atom. The topological polar surface area (TPSA) is 44.9 Å². The summed E-state index contributed by atoms with van der Waals surface area (Å²) in [6.45, 7) is 3.43. The second-order valence-corrected chi connectivity index (χ2v) is 3.98. The maximum Gasteiger partial charge on any atom is 0.131 e. The Hall–Kier alpha value is -1.05. The Labute approximate surface area is 95.0 Å². The molecule has 1 aromatic rings. The van der Waals surface area contributed by atoms with E-state index in [0.29, 0.717) is 11.6 Å². The number of hydrogen-bond acceptors (Lipinski definition) is 3. The summed E-state index contributed by atoms with van der Waals surface area (Å²) in [5.41, 5.74) is 1.99. The molecule has 0 saturated heterocycles. The molecule has 0 aliphatic rings. The summed E-state index contributed by atoms with van der Waals surface area (Å²) in [6, 6.07) is 2.12. The minimum absolute atomic E-state index is 0.535. The van der Waals surface area contributed by atoms with Crippen molar-refractivity contribution in [2.75, 3.05) is 13.6 Å². The molecule has 0 unspecified atom stereocenters. The zero-order valence-corrected chi connectivity index (χ0v) is 10.0. The molecule has 0 fully saturated rings. The highest BCUT2D eigenvalue weighted by molar-refractivity contribution is 6.30. The molecule has 5 heteroatoms. The van der Waals surface area contributed by atoms with Gasteiger partial charge in [-0.2, -0.15) is 10.4 Å². The molecule has 0 radical (unpaired) electrons. The van der Waals surface area contributed by atoms with Gasteiger partial charge in [-0.05, 0) is 14.0 Å². The van der Waals surface area contributed by atoms with Crippen molar-refractivity contribution >= 4 is 11.6 Å². The predicted octanol–water partition coefficient (Wildman–Crippen LogP) is 1.73. The van der Waals surface area contributed by atoms with Crippen molar-refractivity contribution in [3.63, 3.8) is 0 Å². The van der Waals surface area contributed by atoms with Crippen LogP contribution in [0.5, 0.6) is 0 Å². The largest absolute Gasteiger partial charge is 0.301 e. The highest BCUT2D eigenvalue weighted by Gasteiger charge is 2.12. The average Bonchev–Trinajstić information content (AvgIpc) is 2.42. The highest BCUT2D eigenvalue weighted by atomic mass is 35.5. The van der Waals surface area contributed by atoms with Crippen LogP contribution in [-0.2, 0) is 13.6 Å². The lowest BCUT2D eigenvalue weighted by atomic mass is 10.2. The third-order valence-corrected chi connectivity index (χ3v) is 2.78. The van der Waals surface area contributed by atoms with Crippen LogP contribution in [0.2, 0.25) is 5.15 Å². The third-order valence-electron chi connectivity index (χ3n) is 2.30.